The highest BCUT2D eigenvalue weighted by Gasteiger charge is 2.20. The van der Waals surface area contributed by atoms with Gasteiger partial charge in [-0.3, -0.25) is 4.55 Å². The fraction of sp³-hybridized carbons (Fsp3) is 0. The maximum Gasteiger partial charge on any atom is 0.426 e. The highest BCUT2D eigenvalue weighted by molar-refractivity contribution is 7.86. The van der Waals surface area contributed by atoms with Crippen LogP contribution in [0.15, 0.2) is 35.2 Å². The van der Waals surface area contributed by atoms with E-state index in [1.807, 2.05) is 0 Å². The van der Waals surface area contributed by atoms with Crippen LogP contribution in [-0.2, 0) is 10.1 Å². The molecule has 0 radical (unpaired) electrons. The van der Waals surface area contributed by atoms with E-state index in [-0.39, 0.29) is 27.1 Å². The predicted molar refractivity (Wildman–Crippen MR) is 60.2 cm³/mol. The molecule has 0 spiro atoms. The van der Waals surface area contributed by atoms with Gasteiger partial charge in [0.25, 0.3) is 10.1 Å². The first kappa shape index (κ1) is 11.3. The number of aromatic hydroxyl groups is 1. The fourth-order valence-electron chi connectivity index (χ4n) is 1.61. The van der Waals surface area contributed by atoms with Gasteiger partial charge in [-0.1, -0.05) is 12.1 Å². The van der Waals surface area contributed by atoms with Crippen molar-refractivity contribution in [3.63, 3.8) is 0 Å². The number of phenols is 1. The van der Waals surface area contributed by atoms with Gasteiger partial charge >= 0.3 is 5.69 Å². The summed E-state index contributed by atoms with van der Waals surface area (Å²) in [5.41, 5.74) is -0.0787. The average molecular weight is 251 g/mol. The van der Waals surface area contributed by atoms with Gasteiger partial charge in [0.15, 0.2) is 4.98 Å². The standard InChI is InChI=1S/C10H6N2O4S/c11-12-8-5-4-6-7(10(8)13)2-1-3-9(6)17(14,15)16/h1-5H,(H-,13,14,15,16)/p+1. The zero-order valence-electron chi connectivity index (χ0n) is 8.40. The van der Waals surface area contributed by atoms with Crippen LogP contribution in [0.3, 0.4) is 0 Å². The molecule has 2 rings (SSSR count). The molecule has 0 saturated heterocycles. The van der Waals surface area contributed by atoms with Crippen molar-refractivity contribution in [3.8, 4) is 5.75 Å². The lowest BCUT2D eigenvalue weighted by molar-refractivity contribution is 0.483. The number of diazo groups is 1. The summed E-state index contributed by atoms with van der Waals surface area (Å²) in [5, 5.41) is 18.6. The van der Waals surface area contributed by atoms with E-state index in [4.69, 9.17) is 9.95 Å². The Hall–Kier alpha value is -2.17. The van der Waals surface area contributed by atoms with Crippen LogP contribution in [0.1, 0.15) is 0 Å². The molecule has 2 aromatic carbocycles. The van der Waals surface area contributed by atoms with Crippen LogP contribution in [0, 0.1) is 5.39 Å². The molecule has 86 valence electrons. The van der Waals surface area contributed by atoms with E-state index in [9.17, 15) is 13.5 Å². The Morgan fingerprint density at radius 2 is 1.82 bits per heavy atom. The van der Waals surface area contributed by atoms with Crippen LogP contribution in [0.2, 0.25) is 0 Å². The lowest BCUT2D eigenvalue weighted by atomic mass is 10.1. The lowest BCUT2D eigenvalue weighted by Gasteiger charge is -2.03. The summed E-state index contributed by atoms with van der Waals surface area (Å²) in [6.45, 7) is 0. The first-order chi connectivity index (χ1) is 7.95. The molecule has 2 aromatic rings. The van der Waals surface area contributed by atoms with Gasteiger partial charge in [-0.05, 0) is 12.1 Å². The number of hydrogen-bond acceptors (Lipinski definition) is 4. The largest absolute Gasteiger partial charge is 0.501 e. The van der Waals surface area contributed by atoms with Gasteiger partial charge in [-0.2, -0.15) is 8.42 Å². The first-order valence-corrected chi connectivity index (χ1v) is 5.96. The van der Waals surface area contributed by atoms with Crippen LogP contribution < -0.4 is 0 Å². The van der Waals surface area contributed by atoms with Crippen LogP contribution in [0.25, 0.3) is 15.7 Å². The summed E-state index contributed by atoms with van der Waals surface area (Å²) in [6.07, 6.45) is 0. The van der Waals surface area contributed by atoms with Crippen molar-refractivity contribution in [2.24, 2.45) is 0 Å². The van der Waals surface area contributed by atoms with Crippen LogP contribution in [0.5, 0.6) is 5.75 Å². The number of hydrogen-bond donors (Lipinski definition) is 2. The number of nitrogens with zero attached hydrogens (tertiary/aromatic N) is 2. The zero-order chi connectivity index (χ0) is 12.6. The molecule has 17 heavy (non-hydrogen) atoms. The van der Waals surface area contributed by atoms with E-state index < -0.39 is 10.1 Å². The van der Waals surface area contributed by atoms with Gasteiger partial charge in [-0.25, -0.2) is 0 Å². The number of rotatable bonds is 1. The third kappa shape index (κ3) is 1.80. The quantitative estimate of drug-likeness (QED) is 0.597. The second-order valence-corrected chi connectivity index (χ2v) is 4.75. The normalized spacial score (nSPS) is 11.3. The average Bonchev–Trinajstić information content (AvgIpc) is 2.28. The molecule has 0 heterocycles. The smallest absolute Gasteiger partial charge is 0.426 e. The molecule has 0 unspecified atom stereocenters. The summed E-state index contributed by atoms with van der Waals surface area (Å²) >= 11 is 0. The molecule has 7 heteroatoms. The Morgan fingerprint density at radius 1 is 1.12 bits per heavy atom. The molecular formula is C10H7N2O4S+. The maximum atomic E-state index is 11.1. The van der Waals surface area contributed by atoms with E-state index in [0.717, 1.165) is 0 Å². The van der Waals surface area contributed by atoms with E-state index in [1.54, 1.807) is 0 Å². The summed E-state index contributed by atoms with van der Waals surface area (Å²) in [5.74, 6) is -0.351. The Labute approximate surface area is 96.5 Å². The Bertz CT molecular complexity index is 747. The van der Waals surface area contributed by atoms with Gasteiger partial charge < -0.3 is 5.11 Å². The molecule has 0 saturated carbocycles. The van der Waals surface area contributed by atoms with E-state index in [0.29, 0.717) is 0 Å². The van der Waals surface area contributed by atoms with Gasteiger partial charge in [0.05, 0.1) is 0 Å². The highest BCUT2D eigenvalue weighted by atomic mass is 32.2. The summed E-state index contributed by atoms with van der Waals surface area (Å²) in [6, 6.07) is 6.62. The molecule has 0 atom stereocenters. The lowest BCUT2D eigenvalue weighted by Crippen LogP contribution is -1.98. The van der Waals surface area contributed by atoms with E-state index in [2.05, 4.69) is 4.98 Å². The van der Waals surface area contributed by atoms with Crippen molar-refractivity contribution in [1.82, 2.24) is 0 Å². The van der Waals surface area contributed by atoms with Gasteiger partial charge in [0.1, 0.15) is 4.90 Å². The summed E-state index contributed by atoms with van der Waals surface area (Å²) < 4.78 is 31.2. The highest BCUT2D eigenvalue weighted by Crippen LogP contribution is 2.36. The van der Waals surface area contributed by atoms with Crippen LogP contribution >= 0.6 is 0 Å². The van der Waals surface area contributed by atoms with Crippen molar-refractivity contribution >= 4 is 26.6 Å². The maximum absolute atomic E-state index is 11.1. The topological polar surface area (TPSA) is 103 Å². The molecule has 0 amide bonds. The molecule has 0 aromatic heterocycles. The Balaban J connectivity index is 2.96. The van der Waals surface area contributed by atoms with Crippen LogP contribution in [0.4, 0.5) is 5.69 Å². The molecule has 0 bridgehead atoms. The SMILES string of the molecule is N#[N+]c1ccc2c(S(=O)(=O)O)cccc2c1O. The first-order valence-electron chi connectivity index (χ1n) is 4.52. The van der Waals surface area contributed by atoms with Gasteiger partial charge in [0.2, 0.25) is 11.1 Å². The third-order valence-corrected chi connectivity index (χ3v) is 3.27. The number of phenolic OH excluding ortho intramolecular Hbond substituents is 1. The molecular weight excluding hydrogens is 244 g/mol. The predicted octanol–water partition coefficient (Wildman–Crippen LogP) is 2.28. The van der Waals surface area contributed by atoms with Crippen molar-refractivity contribution < 1.29 is 18.1 Å². The van der Waals surface area contributed by atoms with Crippen molar-refractivity contribution in [1.29, 1.82) is 5.39 Å². The van der Waals surface area contributed by atoms with E-state index >= 15 is 0 Å². The fourth-order valence-corrected chi connectivity index (χ4v) is 2.31. The van der Waals surface area contributed by atoms with Crippen molar-refractivity contribution in [2.75, 3.05) is 0 Å². The second kappa shape index (κ2) is 3.69. The number of fused-ring (bicyclic) bond motifs is 1. The summed E-state index contributed by atoms with van der Waals surface area (Å²) in [7, 11) is -4.37. The molecule has 2 N–H and O–H groups in total. The van der Waals surface area contributed by atoms with Crippen molar-refractivity contribution in [3.05, 3.63) is 35.3 Å². The second-order valence-electron chi connectivity index (χ2n) is 3.36. The minimum absolute atomic E-state index is 0.0787. The number of benzene rings is 2. The Kier molecular flexibility index (Phi) is 2.46. The Morgan fingerprint density at radius 3 is 2.41 bits per heavy atom. The summed E-state index contributed by atoms with van der Waals surface area (Å²) in [4.78, 5) is 2.54. The molecule has 6 nitrogen and oxygen atoms in total. The molecule has 0 aliphatic carbocycles. The van der Waals surface area contributed by atoms with Gasteiger partial charge in [-0.15, -0.1) is 0 Å². The third-order valence-electron chi connectivity index (χ3n) is 2.36. The van der Waals surface area contributed by atoms with Crippen molar-refractivity contribution in [2.45, 2.75) is 4.90 Å². The molecule has 0 fully saturated rings. The minimum atomic E-state index is -4.37. The van der Waals surface area contributed by atoms with E-state index in [1.165, 1.54) is 30.3 Å². The zero-order valence-corrected chi connectivity index (χ0v) is 9.22. The minimum Gasteiger partial charge on any atom is -0.501 e. The molecule has 0 aliphatic rings. The molecule has 0 aliphatic heterocycles. The van der Waals surface area contributed by atoms with Gasteiger partial charge in [0, 0.05) is 16.8 Å². The van der Waals surface area contributed by atoms with Crippen LogP contribution in [-0.4, -0.2) is 18.1 Å². The monoisotopic (exact) mass is 251 g/mol.